The van der Waals surface area contributed by atoms with E-state index in [2.05, 4.69) is 21.5 Å². The minimum atomic E-state index is 0.186. The van der Waals surface area contributed by atoms with Gasteiger partial charge in [0.1, 0.15) is 5.75 Å². The van der Waals surface area contributed by atoms with Crippen molar-refractivity contribution in [1.82, 2.24) is 14.5 Å². The van der Waals surface area contributed by atoms with Crippen molar-refractivity contribution in [3.8, 4) is 16.9 Å². The molecule has 0 aliphatic rings. The average molecular weight is 279 g/mol. The van der Waals surface area contributed by atoms with Crippen molar-refractivity contribution in [3.05, 3.63) is 67.0 Å². The van der Waals surface area contributed by atoms with Crippen LogP contribution in [0, 0.1) is 0 Å². The Bertz CT molecular complexity index is 705. The summed E-state index contributed by atoms with van der Waals surface area (Å²) >= 11 is 0. The SMILES string of the molecule is CCC(c1ccc(-c2ccccc2O)cn1)n1ccnc1. The minimum Gasteiger partial charge on any atom is -0.507 e. The van der Waals surface area contributed by atoms with Crippen LogP contribution in [0.3, 0.4) is 0 Å². The summed E-state index contributed by atoms with van der Waals surface area (Å²) in [5.41, 5.74) is 2.71. The molecule has 0 saturated heterocycles. The summed E-state index contributed by atoms with van der Waals surface area (Å²) < 4.78 is 2.06. The highest BCUT2D eigenvalue weighted by Crippen LogP contribution is 2.29. The van der Waals surface area contributed by atoms with Gasteiger partial charge in [-0.1, -0.05) is 31.2 Å². The van der Waals surface area contributed by atoms with Crippen LogP contribution in [-0.4, -0.2) is 19.6 Å². The van der Waals surface area contributed by atoms with Gasteiger partial charge in [-0.2, -0.15) is 0 Å². The first-order valence-electron chi connectivity index (χ1n) is 7.01. The number of para-hydroxylation sites is 1. The second-order valence-corrected chi connectivity index (χ2v) is 4.92. The number of aromatic hydroxyl groups is 1. The van der Waals surface area contributed by atoms with E-state index in [-0.39, 0.29) is 11.8 Å². The lowest BCUT2D eigenvalue weighted by Gasteiger charge is -2.16. The monoisotopic (exact) mass is 279 g/mol. The molecule has 1 N–H and O–H groups in total. The van der Waals surface area contributed by atoms with E-state index in [9.17, 15) is 5.11 Å². The third-order valence-corrected chi connectivity index (χ3v) is 3.61. The summed E-state index contributed by atoms with van der Waals surface area (Å²) in [6.07, 6.45) is 8.29. The van der Waals surface area contributed by atoms with Crippen molar-refractivity contribution in [2.45, 2.75) is 19.4 Å². The summed E-state index contributed by atoms with van der Waals surface area (Å²) in [6, 6.07) is 11.5. The molecule has 2 heterocycles. The van der Waals surface area contributed by atoms with Gasteiger partial charge in [-0.25, -0.2) is 4.98 Å². The molecule has 0 spiro atoms. The van der Waals surface area contributed by atoms with Gasteiger partial charge in [0.05, 0.1) is 18.1 Å². The molecular formula is C17H17N3O. The van der Waals surface area contributed by atoms with E-state index in [0.717, 1.165) is 23.2 Å². The van der Waals surface area contributed by atoms with E-state index in [1.165, 1.54) is 0 Å². The van der Waals surface area contributed by atoms with Gasteiger partial charge < -0.3 is 9.67 Å². The van der Waals surface area contributed by atoms with Gasteiger partial charge >= 0.3 is 0 Å². The zero-order valence-corrected chi connectivity index (χ0v) is 11.8. The summed E-state index contributed by atoms with van der Waals surface area (Å²) in [6.45, 7) is 2.13. The molecule has 0 bridgehead atoms. The third-order valence-electron chi connectivity index (χ3n) is 3.61. The number of hydrogen-bond acceptors (Lipinski definition) is 3. The number of benzene rings is 1. The first kappa shape index (κ1) is 13.4. The molecule has 4 nitrogen and oxygen atoms in total. The van der Waals surface area contributed by atoms with Crippen LogP contribution >= 0.6 is 0 Å². The lowest BCUT2D eigenvalue weighted by molar-refractivity contribution is 0.477. The van der Waals surface area contributed by atoms with Gasteiger partial charge in [-0.05, 0) is 18.6 Å². The molecule has 0 radical (unpaired) electrons. The first-order chi connectivity index (χ1) is 10.3. The van der Waals surface area contributed by atoms with Crippen LogP contribution in [0.1, 0.15) is 25.1 Å². The minimum absolute atomic E-state index is 0.186. The van der Waals surface area contributed by atoms with Crippen LogP contribution in [0.2, 0.25) is 0 Å². The van der Waals surface area contributed by atoms with Crippen LogP contribution < -0.4 is 0 Å². The maximum Gasteiger partial charge on any atom is 0.123 e. The Labute approximate surface area is 123 Å². The van der Waals surface area contributed by atoms with Crippen LogP contribution in [0.25, 0.3) is 11.1 Å². The van der Waals surface area contributed by atoms with Crippen LogP contribution in [0.5, 0.6) is 5.75 Å². The fourth-order valence-corrected chi connectivity index (χ4v) is 2.51. The number of pyridine rings is 1. The third kappa shape index (κ3) is 2.65. The molecule has 1 aromatic carbocycles. The standard InChI is InChI=1S/C17H17N3O/c1-2-16(20-10-9-18-12-20)15-8-7-13(11-19-15)14-5-3-4-6-17(14)21/h3-12,16,21H,2H2,1H3. The van der Waals surface area contributed by atoms with Crippen molar-refractivity contribution in [2.75, 3.05) is 0 Å². The molecule has 106 valence electrons. The number of phenolic OH excluding ortho intramolecular Hbond substituents is 1. The molecule has 1 unspecified atom stereocenters. The second kappa shape index (κ2) is 5.79. The Balaban J connectivity index is 1.92. The molecule has 0 fully saturated rings. The Morgan fingerprint density at radius 1 is 1.19 bits per heavy atom. The number of nitrogens with zero attached hydrogens (tertiary/aromatic N) is 3. The predicted molar refractivity (Wildman–Crippen MR) is 82.0 cm³/mol. The number of hydrogen-bond donors (Lipinski definition) is 1. The normalized spacial score (nSPS) is 12.2. The summed E-state index contributed by atoms with van der Waals surface area (Å²) in [7, 11) is 0. The first-order valence-corrected chi connectivity index (χ1v) is 7.01. The molecule has 0 saturated carbocycles. The highest BCUT2D eigenvalue weighted by molar-refractivity contribution is 5.69. The van der Waals surface area contributed by atoms with Crippen molar-refractivity contribution < 1.29 is 5.11 Å². The zero-order chi connectivity index (χ0) is 14.7. The maximum absolute atomic E-state index is 9.90. The topological polar surface area (TPSA) is 50.9 Å². The van der Waals surface area contributed by atoms with Gasteiger partial charge in [-0.3, -0.25) is 4.98 Å². The van der Waals surface area contributed by atoms with E-state index in [1.54, 1.807) is 12.3 Å². The molecule has 0 aliphatic carbocycles. The largest absolute Gasteiger partial charge is 0.507 e. The van der Waals surface area contributed by atoms with Crippen molar-refractivity contribution in [2.24, 2.45) is 0 Å². The van der Waals surface area contributed by atoms with E-state index in [4.69, 9.17) is 0 Å². The van der Waals surface area contributed by atoms with E-state index in [0.29, 0.717) is 0 Å². The molecule has 0 amide bonds. The molecule has 1 atom stereocenters. The van der Waals surface area contributed by atoms with Gasteiger partial charge in [0, 0.05) is 29.7 Å². The number of phenols is 1. The number of imidazole rings is 1. The maximum atomic E-state index is 9.90. The van der Waals surface area contributed by atoms with Crippen molar-refractivity contribution >= 4 is 0 Å². The molecule has 3 rings (SSSR count). The van der Waals surface area contributed by atoms with Gasteiger partial charge in [0.15, 0.2) is 0 Å². The quantitative estimate of drug-likeness (QED) is 0.793. The van der Waals surface area contributed by atoms with E-state index in [1.807, 2.05) is 49.1 Å². The van der Waals surface area contributed by atoms with Crippen molar-refractivity contribution in [3.63, 3.8) is 0 Å². The Morgan fingerprint density at radius 3 is 2.67 bits per heavy atom. The highest BCUT2D eigenvalue weighted by atomic mass is 16.3. The van der Waals surface area contributed by atoms with Crippen LogP contribution in [0.15, 0.2) is 61.3 Å². The average Bonchev–Trinajstić information content (AvgIpc) is 3.04. The Kier molecular flexibility index (Phi) is 3.69. The molecule has 21 heavy (non-hydrogen) atoms. The number of aromatic nitrogens is 3. The predicted octanol–water partition coefficient (Wildman–Crippen LogP) is 3.65. The lowest BCUT2D eigenvalue weighted by atomic mass is 10.0. The number of rotatable bonds is 4. The molecule has 4 heteroatoms. The second-order valence-electron chi connectivity index (χ2n) is 4.92. The van der Waals surface area contributed by atoms with E-state index < -0.39 is 0 Å². The zero-order valence-electron chi connectivity index (χ0n) is 11.8. The smallest absolute Gasteiger partial charge is 0.123 e. The van der Waals surface area contributed by atoms with Gasteiger partial charge in [-0.15, -0.1) is 0 Å². The summed E-state index contributed by atoms with van der Waals surface area (Å²) in [4.78, 5) is 8.66. The van der Waals surface area contributed by atoms with Gasteiger partial charge in [0.25, 0.3) is 0 Å². The molecular weight excluding hydrogens is 262 g/mol. The lowest BCUT2D eigenvalue weighted by Crippen LogP contribution is -2.09. The summed E-state index contributed by atoms with van der Waals surface area (Å²) in [5.74, 6) is 0.272. The van der Waals surface area contributed by atoms with Crippen molar-refractivity contribution in [1.29, 1.82) is 0 Å². The van der Waals surface area contributed by atoms with E-state index >= 15 is 0 Å². The fourth-order valence-electron chi connectivity index (χ4n) is 2.51. The molecule has 0 aliphatic heterocycles. The Morgan fingerprint density at radius 2 is 2.05 bits per heavy atom. The summed E-state index contributed by atoms with van der Waals surface area (Å²) in [5, 5.41) is 9.90. The molecule has 3 aromatic rings. The van der Waals surface area contributed by atoms with Crippen LogP contribution in [0.4, 0.5) is 0 Å². The molecule has 2 aromatic heterocycles. The van der Waals surface area contributed by atoms with Crippen LogP contribution in [-0.2, 0) is 0 Å². The van der Waals surface area contributed by atoms with Gasteiger partial charge in [0.2, 0.25) is 0 Å². The fraction of sp³-hybridized carbons (Fsp3) is 0.176. The Hall–Kier alpha value is -2.62. The highest BCUT2D eigenvalue weighted by Gasteiger charge is 2.13.